The highest BCUT2D eigenvalue weighted by Crippen LogP contribution is 2.54. The molecular weight excluding hydrogens is 693 g/mol. The molecule has 0 amide bonds. The molecule has 2 heterocycles. The van der Waals surface area contributed by atoms with Crippen LogP contribution in [0.1, 0.15) is 23.6 Å². The second-order valence-electron chi connectivity index (χ2n) is 15.0. The lowest BCUT2D eigenvalue weighted by molar-refractivity contribution is 0.669. The Hall–Kier alpha value is -7.36. The Morgan fingerprint density at radius 3 is 1.58 bits per heavy atom. The molecule has 0 atom stereocenters. The molecule has 0 N–H and O–H groups in total. The number of aromatic nitrogens is 2. The van der Waals surface area contributed by atoms with Gasteiger partial charge in [0.2, 0.25) is 0 Å². The standard InChI is InChI=1S/C54H36N2O/c1-54(47-27-12-8-22-41(47)42-23-9-13-28-48(42)54)46-26-11-7-21-40(46)39-20-5-6-24-43(39)50-34-49(55-53(56-50)35-16-3-2-4-17-35)38-19-15-18-36(32-38)37-30-31-52-45(33-37)44-25-10-14-29-51(44)57-52/h2-34H,1H3. The van der Waals surface area contributed by atoms with Crippen molar-refractivity contribution in [2.75, 3.05) is 0 Å². The summed E-state index contributed by atoms with van der Waals surface area (Å²) in [7, 11) is 0. The van der Waals surface area contributed by atoms with Gasteiger partial charge in [-0.2, -0.15) is 0 Å². The van der Waals surface area contributed by atoms with E-state index >= 15 is 0 Å². The van der Waals surface area contributed by atoms with Gasteiger partial charge in [0, 0.05) is 32.9 Å². The van der Waals surface area contributed by atoms with Gasteiger partial charge in [0.05, 0.1) is 11.4 Å². The number of benzene rings is 8. The summed E-state index contributed by atoms with van der Waals surface area (Å²) in [6.45, 7) is 2.38. The second-order valence-corrected chi connectivity index (χ2v) is 15.0. The lowest BCUT2D eigenvalue weighted by atomic mass is 9.71. The average Bonchev–Trinajstić information content (AvgIpc) is 3.79. The monoisotopic (exact) mass is 728 g/mol. The smallest absolute Gasteiger partial charge is 0.160 e. The maximum atomic E-state index is 6.14. The zero-order valence-electron chi connectivity index (χ0n) is 31.4. The quantitative estimate of drug-likeness (QED) is 0.171. The molecule has 3 heteroatoms. The Labute approximate surface area is 331 Å². The summed E-state index contributed by atoms with van der Waals surface area (Å²) in [4.78, 5) is 10.6. The number of hydrogen-bond acceptors (Lipinski definition) is 3. The Morgan fingerprint density at radius 1 is 0.351 bits per heavy atom. The molecule has 268 valence electrons. The van der Waals surface area contributed by atoms with Crippen molar-refractivity contribution < 1.29 is 4.42 Å². The summed E-state index contributed by atoms with van der Waals surface area (Å²) < 4.78 is 6.14. The first-order chi connectivity index (χ1) is 28.1. The van der Waals surface area contributed by atoms with Gasteiger partial charge in [0.1, 0.15) is 11.2 Å². The summed E-state index contributed by atoms with van der Waals surface area (Å²) in [5.41, 5.74) is 17.3. The third kappa shape index (κ3) is 5.35. The average molecular weight is 729 g/mol. The van der Waals surface area contributed by atoms with Crippen molar-refractivity contribution in [3.8, 4) is 67.3 Å². The highest BCUT2D eigenvalue weighted by atomic mass is 16.3. The van der Waals surface area contributed by atoms with Crippen LogP contribution in [-0.4, -0.2) is 9.97 Å². The van der Waals surface area contributed by atoms with Crippen LogP contribution >= 0.6 is 0 Å². The van der Waals surface area contributed by atoms with Crippen LogP contribution in [0.4, 0.5) is 0 Å². The predicted octanol–water partition coefficient (Wildman–Crippen LogP) is 14.0. The van der Waals surface area contributed by atoms with Crippen LogP contribution in [0.25, 0.3) is 89.2 Å². The highest BCUT2D eigenvalue weighted by Gasteiger charge is 2.41. The van der Waals surface area contributed by atoms with E-state index in [2.05, 4.69) is 177 Å². The number of hydrogen-bond donors (Lipinski definition) is 0. The zero-order chi connectivity index (χ0) is 37.9. The molecule has 0 radical (unpaired) electrons. The molecule has 3 nitrogen and oxygen atoms in total. The van der Waals surface area contributed by atoms with Crippen LogP contribution in [0.5, 0.6) is 0 Å². The molecule has 1 aliphatic rings. The van der Waals surface area contributed by atoms with Gasteiger partial charge in [-0.05, 0) is 87.3 Å². The van der Waals surface area contributed by atoms with Crippen molar-refractivity contribution in [2.24, 2.45) is 0 Å². The fourth-order valence-electron chi connectivity index (χ4n) is 9.05. The molecule has 10 aromatic rings. The van der Waals surface area contributed by atoms with Crippen molar-refractivity contribution in [2.45, 2.75) is 12.3 Å². The Balaban J connectivity index is 1.08. The molecule has 0 aliphatic heterocycles. The largest absolute Gasteiger partial charge is 0.456 e. The van der Waals surface area contributed by atoms with Crippen LogP contribution in [0.2, 0.25) is 0 Å². The first kappa shape index (κ1) is 33.0. The van der Waals surface area contributed by atoms with E-state index in [1.807, 2.05) is 30.3 Å². The van der Waals surface area contributed by atoms with E-state index in [-0.39, 0.29) is 5.41 Å². The highest BCUT2D eigenvalue weighted by molar-refractivity contribution is 6.06. The Morgan fingerprint density at radius 2 is 0.860 bits per heavy atom. The molecule has 0 spiro atoms. The van der Waals surface area contributed by atoms with E-state index in [0.717, 1.165) is 66.7 Å². The molecule has 0 saturated carbocycles. The fourth-order valence-corrected chi connectivity index (χ4v) is 9.05. The van der Waals surface area contributed by atoms with Gasteiger partial charge < -0.3 is 4.42 Å². The van der Waals surface area contributed by atoms with Gasteiger partial charge in [0.15, 0.2) is 5.82 Å². The molecule has 0 bridgehead atoms. The van der Waals surface area contributed by atoms with Gasteiger partial charge in [-0.1, -0.05) is 170 Å². The van der Waals surface area contributed by atoms with Crippen LogP contribution in [-0.2, 0) is 5.41 Å². The molecule has 0 unspecified atom stereocenters. The third-order valence-corrected chi connectivity index (χ3v) is 11.8. The maximum absolute atomic E-state index is 6.14. The number of para-hydroxylation sites is 1. The molecule has 11 rings (SSSR count). The minimum Gasteiger partial charge on any atom is -0.456 e. The topological polar surface area (TPSA) is 38.9 Å². The molecule has 57 heavy (non-hydrogen) atoms. The molecule has 1 aliphatic carbocycles. The number of nitrogens with zero attached hydrogens (tertiary/aromatic N) is 2. The molecule has 8 aromatic carbocycles. The third-order valence-electron chi connectivity index (χ3n) is 11.8. The first-order valence-corrected chi connectivity index (χ1v) is 19.5. The van der Waals surface area contributed by atoms with E-state index in [9.17, 15) is 0 Å². The molecule has 0 saturated heterocycles. The summed E-state index contributed by atoms with van der Waals surface area (Å²) in [6, 6.07) is 71.1. The predicted molar refractivity (Wildman–Crippen MR) is 234 cm³/mol. The van der Waals surface area contributed by atoms with Crippen molar-refractivity contribution in [1.29, 1.82) is 0 Å². The van der Waals surface area contributed by atoms with Gasteiger partial charge in [0.25, 0.3) is 0 Å². The Kier molecular flexibility index (Phi) is 7.61. The number of rotatable bonds is 6. The normalized spacial score (nSPS) is 12.8. The van der Waals surface area contributed by atoms with E-state index in [0.29, 0.717) is 5.82 Å². The number of furan rings is 1. The van der Waals surface area contributed by atoms with Crippen molar-refractivity contribution >= 4 is 21.9 Å². The summed E-state index contributed by atoms with van der Waals surface area (Å²) >= 11 is 0. The van der Waals surface area contributed by atoms with E-state index in [4.69, 9.17) is 14.4 Å². The first-order valence-electron chi connectivity index (χ1n) is 19.5. The maximum Gasteiger partial charge on any atom is 0.160 e. The van der Waals surface area contributed by atoms with Crippen molar-refractivity contribution in [3.63, 3.8) is 0 Å². The minimum atomic E-state index is -0.352. The fraction of sp³-hybridized carbons (Fsp3) is 0.0370. The van der Waals surface area contributed by atoms with E-state index in [1.54, 1.807) is 0 Å². The van der Waals surface area contributed by atoms with Crippen LogP contribution in [0, 0.1) is 0 Å². The van der Waals surface area contributed by atoms with Crippen molar-refractivity contribution in [1.82, 2.24) is 9.97 Å². The molecular formula is C54H36N2O. The summed E-state index contributed by atoms with van der Waals surface area (Å²) in [5, 5.41) is 2.23. The van der Waals surface area contributed by atoms with Crippen LogP contribution in [0.15, 0.2) is 205 Å². The Bertz CT molecular complexity index is 3110. The van der Waals surface area contributed by atoms with Crippen LogP contribution in [0.3, 0.4) is 0 Å². The van der Waals surface area contributed by atoms with Gasteiger partial charge in [-0.3, -0.25) is 0 Å². The lowest BCUT2D eigenvalue weighted by Gasteiger charge is -2.31. The van der Waals surface area contributed by atoms with Crippen molar-refractivity contribution in [3.05, 3.63) is 217 Å². The van der Waals surface area contributed by atoms with Gasteiger partial charge in [-0.15, -0.1) is 0 Å². The van der Waals surface area contributed by atoms with E-state index < -0.39 is 0 Å². The lowest BCUT2D eigenvalue weighted by Crippen LogP contribution is -2.23. The summed E-state index contributed by atoms with van der Waals surface area (Å²) in [6.07, 6.45) is 0. The summed E-state index contributed by atoms with van der Waals surface area (Å²) in [5.74, 6) is 0.688. The number of fused-ring (bicyclic) bond motifs is 6. The second kappa shape index (κ2) is 13.1. The SMILES string of the molecule is CC1(c2ccccc2-c2ccccc2-c2cc(-c3cccc(-c4ccc5oc6ccccc6c5c4)c3)nc(-c3ccccc3)n2)c2ccccc2-c2ccccc21. The minimum absolute atomic E-state index is 0.352. The zero-order valence-corrected chi connectivity index (χ0v) is 31.4. The van der Waals surface area contributed by atoms with Gasteiger partial charge >= 0.3 is 0 Å². The van der Waals surface area contributed by atoms with E-state index in [1.165, 1.54) is 33.4 Å². The van der Waals surface area contributed by atoms with Crippen LogP contribution < -0.4 is 0 Å². The molecule has 0 fully saturated rings. The van der Waals surface area contributed by atoms with Gasteiger partial charge in [-0.25, -0.2) is 9.97 Å². The molecule has 2 aromatic heterocycles.